The molecule has 1 N–H and O–H groups in total. The molecule has 0 radical (unpaired) electrons. The number of aliphatic carboxylic acids is 1. The number of benzene rings is 3. The van der Waals surface area contributed by atoms with Crippen LogP contribution in [0.15, 0.2) is 72.8 Å². The minimum atomic E-state index is -0.925. The zero-order valence-corrected chi connectivity index (χ0v) is 19.9. The first kappa shape index (κ1) is 24.5. The van der Waals surface area contributed by atoms with Crippen molar-refractivity contribution in [2.24, 2.45) is 0 Å². The van der Waals surface area contributed by atoms with Gasteiger partial charge in [0, 0.05) is 25.9 Å². The molecule has 1 atom stereocenters. The van der Waals surface area contributed by atoms with Crippen LogP contribution in [0.5, 0.6) is 5.75 Å². The van der Waals surface area contributed by atoms with Crippen LogP contribution in [-0.4, -0.2) is 40.6 Å². The molecule has 0 saturated heterocycles. The number of halogens is 1. The van der Waals surface area contributed by atoms with E-state index in [1.54, 1.807) is 17.0 Å². The van der Waals surface area contributed by atoms with Gasteiger partial charge in [-0.05, 0) is 47.7 Å². The predicted molar refractivity (Wildman–Crippen MR) is 132 cm³/mol. The van der Waals surface area contributed by atoms with Crippen molar-refractivity contribution in [2.45, 2.75) is 44.6 Å². The number of hydrogen-bond donors (Lipinski definition) is 1. The average molecular weight is 476 g/mol. The highest BCUT2D eigenvalue weighted by molar-refractivity contribution is 5.79. The van der Waals surface area contributed by atoms with E-state index in [0.717, 1.165) is 22.4 Å². The summed E-state index contributed by atoms with van der Waals surface area (Å²) in [7, 11) is 0. The van der Waals surface area contributed by atoms with Crippen LogP contribution in [0.1, 0.15) is 35.6 Å². The molecule has 1 aliphatic heterocycles. The molecule has 35 heavy (non-hydrogen) atoms. The number of fused-ring (bicyclic) bond motifs is 1. The second-order valence-electron chi connectivity index (χ2n) is 9.38. The number of amides is 1. The summed E-state index contributed by atoms with van der Waals surface area (Å²) < 4.78 is 20.4. The van der Waals surface area contributed by atoms with E-state index in [1.807, 2.05) is 61.5 Å². The van der Waals surface area contributed by atoms with Crippen molar-refractivity contribution >= 4 is 11.9 Å². The van der Waals surface area contributed by atoms with Gasteiger partial charge in [-0.2, -0.15) is 0 Å². The summed E-state index contributed by atoms with van der Waals surface area (Å²) >= 11 is 0. The van der Waals surface area contributed by atoms with Gasteiger partial charge in [-0.3, -0.25) is 9.59 Å². The number of hydrogen-bond acceptors (Lipinski definition) is 3. The Morgan fingerprint density at radius 3 is 2.49 bits per heavy atom. The monoisotopic (exact) mass is 475 g/mol. The lowest BCUT2D eigenvalue weighted by atomic mass is 9.91. The maximum Gasteiger partial charge on any atom is 0.305 e. The highest BCUT2D eigenvalue weighted by Crippen LogP contribution is 2.38. The number of carboxylic acids is 1. The third-order valence-corrected chi connectivity index (χ3v) is 6.38. The fraction of sp³-hybridized carbons (Fsp3) is 0.310. The Morgan fingerprint density at radius 2 is 1.74 bits per heavy atom. The highest BCUT2D eigenvalue weighted by atomic mass is 19.1. The molecule has 0 fully saturated rings. The third kappa shape index (κ3) is 6.47. The van der Waals surface area contributed by atoms with Crippen LogP contribution >= 0.6 is 0 Å². The van der Waals surface area contributed by atoms with E-state index in [2.05, 4.69) is 0 Å². The van der Waals surface area contributed by atoms with Gasteiger partial charge in [0.25, 0.3) is 0 Å². The van der Waals surface area contributed by atoms with Crippen molar-refractivity contribution in [3.8, 4) is 5.75 Å². The third-order valence-electron chi connectivity index (χ3n) is 6.38. The molecule has 1 aliphatic rings. The van der Waals surface area contributed by atoms with Crippen LogP contribution in [0.4, 0.5) is 4.39 Å². The SMILES string of the molecule is C[C@]1(Cc2ccccc2F)Cc2cc(CC(=O)N(CCC(=O)O)CCc3ccccc3)ccc2O1. The van der Waals surface area contributed by atoms with Gasteiger partial charge in [0.1, 0.15) is 17.2 Å². The zero-order chi connectivity index (χ0) is 24.8. The molecule has 4 rings (SSSR count). The Morgan fingerprint density at radius 1 is 1.00 bits per heavy atom. The van der Waals surface area contributed by atoms with Gasteiger partial charge in [0.2, 0.25) is 5.91 Å². The molecule has 1 heterocycles. The Labute approximate surface area is 205 Å². The standard InChI is InChI=1S/C29H30FNO4/c1-29(19-23-9-5-6-10-25(23)30)20-24-17-22(11-12-26(24)35-29)18-27(32)31(16-14-28(33)34)15-13-21-7-3-2-4-8-21/h2-12,17H,13-16,18-20H2,1H3,(H,33,34)/t29-/m0/s1. The van der Waals surface area contributed by atoms with Crippen LogP contribution in [0, 0.1) is 5.82 Å². The number of nitrogens with zero attached hydrogens (tertiary/aromatic N) is 1. The molecule has 0 bridgehead atoms. The molecule has 0 aliphatic carbocycles. The second kappa shape index (κ2) is 10.7. The molecule has 0 aromatic heterocycles. The number of carboxylic acid groups (broad SMARTS) is 1. The van der Waals surface area contributed by atoms with Crippen molar-refractivity contribution in [2.75, 3.05) is 13.1 Å². The minimum Gasteiger partial charge on any atom is -0.487 e. The van der Waals surface area contributed by atoms with Gasteiger partial charge in [-0.1, -0.05) is 60.7 Å². The molecule has 0 spiro atoms. The Kier molecular flexibility index (Phi) is 7.49. The van der Waals surface area contributed by atoms with Crippen LogP contribution in [0.25, 0.3) is 0 Å². The lowest BCUT2D eigenvalue weighted by molar-refractivity contribution is -0.138. The molecule has 6 heteroatoms. The molecule has 0 unspecified atom stereocenters. The largest absolute Gasteiger partial charge is 0.487 e. The quantitative estimate of drug-likeness (QED) is 0.455. The number of rotatable bonds is 10. The summed E-state index contributed by atoms with van der Waals surface area (Å²) in [6, 6.07) is 22.3. The van der Waals surface area contributed by atoms with Gasteiger partial charge < -0.3 is 14.7 Å². The van der Waals surface area contributed by atoms with E-state index in [0.29, 0.717) is 31.4 Å². The zero-order valence-electron chi connectivity index (χ0n) is 19.9. The fourth-order valence-corrected chi connectivity index (χ4v) is 4.62. The predicted octanol–water partition coefficient (Wildman–Crippen LogP) is 4.85. The summed E-state index contributed by atoms with van der Waals surface area (Å²) in [5, 5.41) is 9.12. The molecule has 5 nitrogen and oxygen atoms in total. The van der Waals surface area contributed by atoms with Crippen molar-refractivity contribution in [1.29, 1.82) is 0 Å². The first-order chi connectivity index (χ1) is 16.8. The molecule has 182 valence electrons. The van der Waals surface area contributed by atoms with E-state index < -0.39 is 11.6 Å². The molecular formula is C29H30FNO4. The lowest BCUT2D eigenvalue weighted by Crippen LogP contribution is -2.36. The number of carbonyl (C=O) groups excluding carboxylic acids is 1. The van der Waals surface area contributed by atoms with Crippen LogP contribution in [0.2, 0.25) is 0 Å². The maximum atomic E-state index is 14.2. The van der Waals surface area contributed by atoms with Gasteiger partial charge >= 0.3 is 5.97 Å². The number of ether oxygens (including phenoxy) is 1. The topological polar surface area (TPSA) is 66.8 Å². The van der Waals surface area contributed by atoms with E-state index >= 15 is 0 Å². The highest BCUT2D eigenvalue weighted by Gasteiger charge is 2.35. The summed E-state index contributed by atoms with van der Waals surface area (Å²) in [6.07, 6.45) is 1.83. The van der Waals surface area contributed by atoms with Gasteiger partial charge in [-0.25, -0.2) is 4.39 Å². The van der Waals surface area contributed by atoms with E-state index in [4.69, 9.17) is 9.84 Å². The number of carbonyl (C=O) groups is 2. The Bertz CT molecular complexity index is 1200. The van der Waals surface area contributed by atoms with Crippen LogP contribution in [-0.2, 0) is 35.3 Å². The van der Waals surface area contributed by atoms with Crippen molar-refractivity contribution in [1.82, 2.24) is 4.90 Å². The first-order valence-electron chi connectivity index (χ1n) is 11.9. The van der Waals surface area contributed by atoms with Gasteiger partial charge in [0.15, 0.2) is 0 Å². The van der Waals surface area contributed by atoms with E-state index in [9.17, 15) is 14.0 Å². The molecular weight excluding hydrogens is 445 g/mol. The normalized spacial score (nSPS) is 16.4. The Hall–Kier alpha value is -3.67. The van der Waals surface area contributed by atoms with Crippen molar-refractivity contribution < 1.29 is 23.8 Å². The average Bonchev–Trinajstić information content (AvgIpc) is 3.16. The smallest absolute Gasteiger partial charge is 0.305 e. The lowest BCUT2D eigenvalue weighted by Gasteiger charge is -2.24. The Balaban J connectivity index is 1.42. The maximum absolute atomic E-state index is 14.2. The summed E-state index contributed by atoms with van der Waals surface area (Å²) in [5.41, 5.74) is 3.01. The fourth-order valence-electron chi connectivity index (χ4n) is 4.62. The molecule has 0 saturated carbocycles. The first-order valence-corrected chi connectivity index (χ1v) is 11.9. The molecule has 3 aromatic carbocycles. The van der Waals surface area contributed by atoms with Crippen LogP contribution in [0.3, 0.4) is 0 Å². The van der Waals surface area contributed by atoms with Crippen molar-refractivity contribution in [3.63, 3.8) is 0 Å². The molecule has 1 amide bonds. The van der Waals surface area contributed by atoms with E-state index in [1.165, 1.54) is 6.07 Å². The van der Waals surface area contributed by atoms with Crippen molar-refractivity contribution in [3.05, 3.63) is 101 Å². The van der Waals surface area contributed by atoms with Gasteiger partial charge in [-0.15, -0.1) is 0 Å². The summed E-state index contributed by atoms with van der Waals surface area (Å²) in [5.74, 6) is -0.509. The summed E-state index contributed by atoms with van der Waals surface area (Å²) in [4.78, 5) is 25.9. The second-order valence-corrected chi connectivity index (χ2v) is 9.38. The molecule has 3 aromatic rings. The summed E-state index contributed by atoms with van der Waals surface area (Å²) in [6.45, 7) is 2.61. The van der Waals surface area contributed by atoms with Crippen LogP contribution < -0.4 is 4.74 Å². The van der Waals surface area contributed by atoms with Gasteiger partial charge in [0.05, 0.1) is 12.8 Å². The van der Waals surface area contributed by atoms with E-state index in [-0.39, 0.29) is 31.1 Å². The minimum absolute atomic E-state index is 0.0903.